The Bertz CT molecular complexity index is 605. The molecule has 138 valence electrons. The maximum Gasteiger partial charge on any atom is 0.223 e. The van der Waals surface area contributed by atoms with Gasteiger partial charge in [-0.25, -0.2) is 0 Å². The summed E-state index contributed by atoms with van der Waals surface area (Å²) in [7, 11) is 0. The fourth-order valence-electron chi connectivity index (χ4n) is 3.77. The Kier molecular flexibility index (Phi) is 6.61. The second kappa shape index (κ2) is 8.72. The highest BCUT2D eigenvalue weighted by atomic mass is 35.5. The molecule has 6 heteroatoms. The third kappa shape index (κ3) is 4.88. The number of hydrogen-bond donors (Lipinski definition) is 1. The van der Waals surface area contributed by atoms with Crippen molar-refractivity contribution in [3.05, 3.63) is 33.8 Å². The largest absolute Gasteiger partial charge is 0.370 e. The van der Waals surface area contributed by atoms with Crippen LogP contribution in [0.25, 0.3) is 0 Å². The summed E-state index contributed by atoms with van der Waals surface area (Å²) in [6.45, 7) is 6.15. The molecular formula is C19H26Cl2N2O2. The predicted molar refractivity (Wildman–Crippen MR) is 101 cm³/mol. The molecule has 0 aromatic heterocycles. The molecule has 2 fully saturated rings. The smallest absolute Gasteiger partial charge is 0.223 e. The Labute approximate surface area is 159 Å². The SMILES string of the molecule is CC(CC(=O)N1CCOC(c2ccc(Cl)c(Cl)c2)C1)C1CCNCC1. The van der Waals surface area contributed by atoms with Gasteiger partial charge in [-0.15, -0.1) is 0 Å². The van der Waals surface area contributed by atoms with Crippen LogP contribution in [0.5, 0.6) is 0 Å². The number of ether oxygens (including phenoxy) is 1. The zero-order valence-corrected chi connectivity index (χ0v) is 16.2. The number of benzene rings is 1. The van der Waals surface area contributed by atoms with Crippen molar-refractivity contribution >= 4 is 29.1 Å². The van der Waals surface area contributed by atoms with Crippen molar-refractivity contribution in [1.82, 2.24) is 10.2 Å². The minimum absolute atomic E-state index is 0.137. The van der Waals surface area contributed by atoms with E-state index in [9.17, 15) is 4.79 Å². The monoisotopic (exact) mass is 384 g/mol. The maximum atomic E-state index is 12.8. The first-order valence-electron chi connectivity index (χ1n) is 9.09. The number of halogens is 2. The summed E-state index contributed by atoms with van der Waals surface area (Å²) in [6.07, 6.45) is 2.83. The van der Waals surface area contributed by atoms with Gasteiger partial charge >= 0.3 is 0 Å². The minimum Gasteiger partial charge on any atom is -0.370 e. The van der Waals surface area contributed by atoms with Gasteiger partial charge in [-0.05, 0) is 55.5 Å². The average molecular weight is 385 g/mol. The number of piperidine rings is 1. The Morgan fingerprint density at radius 1 is 1.32 bits per heavy atom. The summed E-state index contributed by atoms with van der Waals surface area (Å²) in [5, 5.41) is 4.44. The van der Waals surface area contributed by atoms with Gasteiger partial charge in [0.25, 0.3) is 0 Å². The number of morpholine rings is 1. The number of carbonyl (C=O) groups excluding carboxylic acids is 1. The van der Waals surface area contributed by atoms with Gasteiger partial charge in [0.15, 0.2) is 0 Å². The third-order valence-corrected chi connectivity index (χ3v) is 6.16. The molecule has 1 aromatic rings. The molecule has 0 aliphatic carbocycles. The van der Waals surface area contributed by atoms with Crippen molar-refractivity contribution in [2.24, 2.45) is 11.8 Å². The zero-order valence-electron chi connectivity index (χ0n) is 14.6. The normalized spacial score (nSPS) is 23.5. The van der Waals surface area contributed by atoms with Gasteiger partial charge < -0.3 is 15.0 Å². The zero-order chi connectivity index (χ0) is 17.8. The van der Waals surface area contributed by atoms with Crippen LogP contribution >= 0.6 is 23.2 Å². The van der Waals surface area contributed by atoms with Crippen molar-refractivity contribution in [2.45, 2.75) is 32.3 Å². The van der Waals surface area contributed by atoms with Crippen LogP contribution in [0.15, 0.2) is 18.2 Å². The van der Waals surface area contributed by atoms with Gasteiger partial charge in [0.2, 0.25) is 5.91 Å². The Morgan fingerprint density at radius 2 is 2.08 bits per heavy atom. The van der Waals surface area contributed by atoms with Gasteiger partial charge in [-0.1, -0.05) is 36.2 Å². The lowest BCUT2D eigenvalue weighted by Gasteiger charge is -2.35. The summed E-state index contributed by atoms with van der Waals surface area (Å²) >= 11 is 12.1. The predicted octanol–water partition coefficient (Wildman–Crippen LogP) is 3.92. The lowest BCUT2D eigenvalue weighted by molar-refractivity contribution is -0.140. The number of amides is 1. The summed E-state index contributed by atoms with van der Waals surface area (Å²) < 4.78 is 5.86. The van der Waals surface area contributed by atoms with Crippen LogP contribution in [0.1, 0.15) is 37.9 Å². The highest BCUT2D eigenvalue weighted by Gasteiger charge is 2.28. The van der Waals surface area contributed by atoms with Crippen molar-refractivity contribution in [1.29, 1.82) is 0 Å². The molecule has 2 aliphatic heterocycles. The maximum absolute atomic E-state index is 12.8. The molecule has 0 saturated carbocycles. The standard InChI is InChI=1S/C19H26Cl2N2O2/c1-13(14-4-6-22-7-5-14)10-19(24)23-8-9-25-18(12-23)15-2-3-16(20)17(21)11-15/h2-3,11,13-14,18,22H,4-10,12H2,1H3. The molecular weight excluding hydrogens is 359 g/mol. The molecule has 0 radical (unpaired) electrons. The molecule has 2 heterocycles. The first-order chi connectivity index (χ1) is 12.0. The molecule has 0 bridgehead atoms. The molecule has 2 aliphatic rings. The van der Waals surface area contributed by atoms with Crippen molar-refractivity contribution in [3.8, 4) is 0 Å². The summed E-state index contributed by atoms with van der Waals surface area (Å²) in [6, 6.07) is 5.53. The van der Waals surface area contributed by atoms with E-state index in [2.05, 4.69) is 12.2 Å². The van der Waals surface area contributed by atoms with E-state index < -0.39 is 0 Å². The highest BCUT2D eigenvalue weighted by Crippen LogP contribution is 2.30. The summed E-state index contributed by atoms with van der Waals surface area (Å²) in [4.78, 5) is 14.7. The van der Waals surface area contributed by atoms with Crippen molar-refractivity contribution < 1.29 is 9.53 Å². The number of hydrogen-bond acceptors (Lipinski definition) is 3. The van der Waals surface area contributed by atoms with Gasteiger partial charge in [0, 0.05) is 13.0 Å². The fraction of sp³-hybridized carbons (Fsp3) is 0.632. The van der Waals surface area contributed by atoms with Gasteiger partial charge in [0.1, 0.15) is 6.10 Å². The van der Waals surface area contributed by atoms with E-state index >= 15 is 0 Å². The Balaban J connectivity index is 1.58. The van der Waals surface area contributed by atoms with E-state index in [0.717, 1.165) is 18.7 Å². The van der Waals surface area contributed by atoms with E-state index in [-0.39, 0.29) is 12.0 Å². The molecule has 4 nitrogen and oxygen atoms in total. The lowest BCUT2D eigenvalue weighted by atomic mass is 9.84. The van der Waals surface area contributed by atoms with Crippen LogP contribution in [0.3, 0.4) is 0 Å². The Morgan fingerprint density at radius 3 is 2.80 bits per heavy atom. The van der Waals surface area contributed by atoms with Gasteiger partial charge in [0.05, 0.1) is 23.2 Å². The van der Waals surface area contributed by atoms with Crippen LogP contribution in [0, 0.1) is 11.8 Å². The molecule has 3 rings (SSSR count). The minimum atomic E-state index is -0.137. The van der Waals surface area contributed by atoms with Crippen molar-refractivity contribution in [2.75, 3.05) is 32.8 Å². The molecule has 2 saturated heterocycles. The van der Waals surface area contributed by atoms with E-state index in [1.54, 1.807) is 6.07 Å². The van der Waals surface area contributed by atoms with Crippen LogP contribution in [0.2, 0.25) is 10.0 Å². The van der Waals surface area contributed by atoms with E-state index in [0.29, 0.717) is 48.0 Å². The topological polar surface area (TPSA) is 41.6 Å². The first-order valence-corrected chi connectivity index (χ1v) is 9.85. The van der Waals surface area contributed by atoms with Crippen LogP contribution < -0.4 is 5.32 Å². The average Bonchev–Trinajstić information content (AvgIpc) is 2.64. The third-order valence-electron chi connectivity index (χ3n) is 5.42. The summed E-state index contributed by atoms with van der Waals surface area (Å²) in [5.74, 6) is 1.32. The van der Waals surface area contributed by atoms with Crippen molar-refractivity contribution in [3.63, 3.8) is 0 Å². The number of carbonyl (C=O) groups is 1. The molecule has 1 aromatic carbocycles. The van der Waals surface area contributed by atoms with Crippen LogP contribution in [-0.4, -0.2) is 43.6 Å². The van der Waals surface area contributed by atoms with Crippen LogP contribution in [0.4, 0.5) is 0 Å². The second-order valence-electron chi connectivity index (χ2n) is 7.14. The van der Waals surface area contributed by atoms with Crippen LogP contribution in [-0.2, 0) is 9.53 Å². The van der Waals surface area contributed by atoms with E-state index in [4.69, 9.17) is 27.9 Å². The molecule has 0 spiro atoms. The molecule has 1 amide bonds. The van der Waals surface area contributed by atoms with Gasteiger partial charge in [-0.2, -0.15) is 0 Å². The van der Waals surface area contributed by atoms with E-state index in [1.165, 1.54) is 12.8 Å². The lowest BCUT2D eigenvalue weighted by Crippen LogP contribution is -2.43. The number of nitrogens with zero attached hydrogens (tertiary/aromatic N) is 1. The Hall–Kier alpha value is -0.810. The number of nitrogens with one attached hydrogen (secondary N) is 1. The van der Waals surface area contributed by atoms with E-state index in [1.807, 2.05) is 17.0 Å². The quantitative estimate of drug-likeness (QED) is 0.854. The molecule has 1 N–H and O–H groups in total. The molecule has 25 heavy (non-hydrogen) atoms. The fourth-order valence-corrected chi connectivity index (χ4v) is 4.08. The molecule has 2 atom stereocenters. The summed E-state index contributed by atoms with van der Waals surface area (Å²) in [5.41, 5.74) is 0.971. The first kappa shape index (κ1) is 19.0. The second-order valence-corrected chi connectivity index (χ2v) is 7.96. The highest BCUT2D eigenvalue weighted by molar-refractivity contribution is 6.42. The molecule has 2 unspecified atom stereocenters. The number of rotatable bonds is 4. The van der Waals surface area contributed by atoms with Gasteiger partial charge in [-0.3, -0.25) is 4.79 Å².